The van der Waals surface area contributed by atoms with Crippen molar-refractivity contribution in [3.05, 3.63) is 96.1 Å². The maximum absolute atomic E-state index is 10.3. The number of hydrogen-bond acceptors (Lipinski definition) is 4. The van der Waals surface area contributed by atoms with Crippen LogP contribution in [-0.2, 0) is 15.9 Å². The van der Waals surface area contributed by atoms with Gasteiger partial charge in [0.25, 0.3) is 0 Å². The first-order chi connectivity index (χ1) is 15.2. The van der Waals surface area contributed by atoms with Crippen LogP contribution < -0.4 is 4.74 Å². The summed E-state index contributed by atoms with van der Waals surface area (Å²) in [6.45, 7) is 1.20. The van der Waals surface area contributed by atoms with E-state index >= 15 is 0 Å². The SMILES string of the molecule is COCCOCOc1ccc(-c2ccc3cccc(O)c3c2)cc1Cc1ccccc1. The summed E-state index contributed by atoms with van der Waals surface area (Å²) in [5.41, 5.74) is 4.41. The number of methoxy groups -OCH3 is 1. The zero-order chi connectivity index (χ0) is 21.5. The Morgan fingerprint density at radius 2 is 1.58 bits per heavy atom. The van der Waals surface area contributed by atoms with Crippen LogP contribution in [0.25, 0.3) is 21.9 Å². The maximum Gasteiger partial charge on any atom is 0.189 e. The molecule has 0 heterocycles. The summed E-state index contributed by atoms with van der Waals surface area (Å²) < 4.78 is 16.4. The van der Waals surface area contributed by atoms with Crippen LogP contribution in [0.1, 0.15) is 11.1 Å². The fourth-order valence-electron chi connectivity index (χ4n) is 3.60. The van der Waals surface area contributed by atoms with Crippen molar-refractivity contribution in [2.45, 2.75) is 6.42 Å². The third-order valence-corrected chi connectivity index (χ3v) is 5.22. The Labute approximate surface area is 182 Å². The lowest BCUT2D eigenvalue weighted by Gasteiger charge is -2.14. The van der Waals surface area contributed by atoms with Crippen LogP contribution in [0.5, 0.6) is 11.5 Å². The molecule has 0 fully saturated rings. The van der Waals surface area contributed by atoms with Crippen molar-refractivity contribution < 1.29 is 19.3 Å². The summed E-state index contributed by atoms with van der Waals surface area (Å²) in [6, 6.07) is 28.2. The van der Waals surface area contributed by atoms with Crippen LogP contribution in [-0.4, -0.2) is 32.2 Å². The molecule has 1 N–H and O–H groups in total. The largest absolute Gasteiger partial charge is 0.507 e. The van der Waals surface area contributed by atoms with Crippen LogP contribution in [0.2, 0.25) is 0 Å². The molecule has 0 atom stereocenters. The first-order valence-electron chi connectivity index (χ1n) is 10.3. The molecule has 0 aliphatic heterocycles. The van der Waals surface area contributed by atoms with Gasteiger partial charge in [0, 0.05) is 18.9 Å². The highest BCUT2D eigenvalue weighted by Crippen LogP contribution is 2.33. The standard InChI is InChI=1S/C27H26O4/c1-29-14-15-30-19-31-27-13-12-22(17-24(27)16-20-6-3-2-4-7-20)23-11-10-21-8-5-9-26(28)25(21)18-23/h2-13,17-18,28H,14-16,19H2,1H3. The number of ether oxygens (including phenoxy) is 3. The average Bonchev–Trinajstić information content (AvgIpc) is 2.80. The maximum atomic E-state index is 10.3. The molecule has 158 valence electrons. The van der Waals surface area contributed by atoms with Crippen LogP contribution >= 0.6 is 0 Å². The van der Waals surface area contributed by atoms with Gasteiger partial charge < -0.3 is 19.3 Å². The number of benzene rings is 4. The van der Waals surface area contributed by atoms with E-state index < -0.39 is 0 Å². The molecule has 0 saturated carbocycles. The third kappa shape index (κ3) is 5.23. The van der Waals surface area contributed by atoms with Gasteiger partial charge in [0.05, 0.1) is 13.2 Å². The zero-order valence-electron chi connectivity index (χ0n) is 17.6. The van der Waals surface area contributed by atoms with E-state index in [1.807, 2.05) is 54.6 Å². The van der Waals surface area contributed by atoms with Crippen molar-refractivity contribution in [1.29, 1.82) is 0 Å². The molecule has 0 spiro atoms. The van der Waals surface area contributed by atoms with E-state index in [-0.39, 0.29) is 12.5 Å². The molecule has 0 amide bonds. The number of hydrogen-bond donors (Lipinski definition) is 1. The number of fused-ring (bicyclic) bond motifs is 1. The molecule has 31 heavy (non-hydrogen) atoms. The molecule has 0 unspecified atom stereocenters. The van der Waals surface area contributed by atoms with E-state index in [2.05, 4.69) is 24.3 Å². The van der Waals surface area contributed by atoms with Crippen molar-refractivity contribution in [3.8, 4) is 22.6 Å². The summed E-state index contributed by atoms with van der Waals surface area (Å²) in [5, 5.41) is 12.1. The van der Waals surface area contributed by atoms with E-state index in [0.29, 0.717) is 13.2 Å². The molecule has 4 aromatic carbocycles. The predicted octanol–water partition coefficient (Wildman–Crippen LogP) is 5.80. The molecular formula is C27H26O4. The Kier molecular flexibility index (Phi) is 6.82. The van der Waals surface area contributed by atoms with Crippen LogP contribution in [0.15, 0.2) is 84.9 Å². The summed E-state index contributed by atoms with van der Waals surface area (Å²) in [6.07, 6.45) is 0.751. The molecule has 0 bridgehead atoms. The normalized spacial score (nSPS) is 11.0. The zero-order valence-corrected chi connectivity index (χ0v) is 17.6. The topological polar surface area (TPSA) is 47.9 Å². The summed E-state index contributed by atoms with van der Waals surface area (Å²) >= 11 is 0. The van der Waals surface area contributed by atoms with Gasteiger partial charge in [-0.3, -0.25) is 0 Å². The van der Waals surface area contributed by atoms with Gasteiger partial charge >= 0.3 is 0 Å². The quantitative estimate of drug-likeness (QED) is 0.278. The van der Waals surface area contributed by atoms with Crippen molar-refractivity contribution in [2.24, 2.45) is 0 Å². The van der Waals surface area contributed by atoms with Crippen LogP contribution in [0.4, 0.5) is 0 Å². The van der Waals surface area contributed by atoms with Crippen molar-refractivity contribution in [2.75, 3.05) is 27.1 Å². The van der Waals surface area contributed by atoms with Gasteiger partial charge in [-0.2, -0.15) is 0 Å². The lowest BCUT2D eigenvalue weighted by Crippen LogP contribution is -2.09. The number of phenols is 1. The van der Waals surface area contributed by atoms with Gasteiger partial charge in [-0.1, -0.05) is 60.7 Å². The minimum absolute atomic E-state index is 0.175. The highest BCUT2D eigenvalue weighted by molar-refractivity contribution is 5.91. The predicted molar refractivity (Wildman–Crippen MR) is 124 cm³/mol. The highest BCUT2D eigenvalue weighted by atomic mass is 16.7. The van der Waals surface area contributed by atoms with Gasteiger partial charge in [0.1, 0.15) is 11.5 Å². The van der Waals surface area contributed by atoms with Gasteiger partial charge in [0.2, 0.25) is 0 Å². The van der Waals surface area contributed by atoms with E-state index in [9.17, 15) is 5.11 Å². The average molecular weight is 415 g/mol. The number of aromatic hydroxyl groups is 1. The first-order valence-corrected chi connectivity index (χ1v) is 10.3. The fourth-order valence-corrected chi connectivity index (χ4v) is 3.60. The molecule has 0 aliphatic rings. The molecule has 4 rings (SSSR count). The van der Waals surface area contributed by atoms with E-state index in [0.717, 1.165) is 39.6 Å². The monoisotopic (exact) mass is 414 g/mol. The Bertz CT molecular complexity index is 1140. The second kappa shape index (κ2) is 10.1. The molecule has 4 heteroatoms. The van der Waals surface area contributed by atoms with Gasteiger partial charge in [0.15, 0.2) is 6.79 Å². The van der Waals surface area contributed by atoms with Crippen molar-refractivity contribution >= 4 is 10.8 Å². The third-order valence-electron chi connectivity index (χ3n) is 5.22. The summed E-state index contributed by atoms with van der Waals surface area (Å²) in [4.78, 5) is 0. The lowest BCUT2D eigenvalue weighted by molar-refractivity contribution is -0.00882. The Balaban J connectivity index is 1.64. The Hall–Kier alpha value is -3.34. The lowest BCUT2D eigenvalue weighted by atomic mass is 9.96. The van der Waals surface area contributed by atoms with E-state index in [1.54, 1.807) is 13.2 Å². The van der Waals surface area contributed by atoms with Gasteiger partial charge in [-0.15, -0.1) is 0 Å². The summed E-state index contributed by atoms with van der Waals surface area (Å²) in [7, 11) is 1.65. The first kappa shape index (κ1) is 20.9. The van der Waals surface area contributed by atoms with Crippen molar-refractivity contribution in [3.63, 3.8) is 0 Å². The fraction of sp³-hybridized carbons (Fsp3) is 0.185. The molecule has 0 aliphatic carbocycles. The number of rotatable bonds is 9. The van der Waals surface area contributed by atoms with E-state index in [1.165, 1.54) is 5.56 Å². The van der Waals surface area contributed by atoms with Crippen LogP contribution in [0.3, 0.4) is 0 Å². The van der Waals surface area contributed by atoms with Crippen LogP contribution in [0, 0.1) is 0 Å². The molecular weight excluding hydrogens is 388 g/mol. The van der Waals surface area contributed by atoms with Crippen molar-refractivity contribution in [1.82, 2.24) is 0 Å². The smallest absolute Gasteiger partial charge is 0.189 e. The van der Waals surface area contributed by atoms with Gasteiger partial charge in [-0.05, 0) is 51.9 Å². The second-order valence-corrected chi connectivity index (χ2v) is 7.36. The molecule has 4 aromatic rings. The molecule has 4 nitrogen and oxygen atoms in total. The molecule has 0 saturated heterocycles. The highest BCUT2D eigenvalue weighted by Gasteiger charge is 2.10. The second-order valence-electron chi connectivity index (χ2n) is 7.36. The van der Waals surface area contributed by atoms with Gasteiger partial charge in [-0.25, -0.2) is 0 Å². The number of phenolic OH excluding ortho intramolecular Hbond substituents is 1. The minimum atomic E-state index is 0.175. The Morgan fingerprint density at radius 3 is 2.42 bits per heavy atom. The van der Waals surface area contributed by atoms with E-state index in [4.69, 9.17) is 14.2 Å². The Morgan fingerprint density at radius 1 is 0.774 bits per heavy atom. The molecule has 0 radical (unpaired) electrons. The minimum Gasteiger partial charge on any atom is -0.507 e. The summed E-state index contributed by atoms with van der Waals surface area (Å²) in [5.74, 6) is 1.09. The molecule has 0 aromatic heterocycles.